The van der Waals surface area contributed by atoms with Gasteiger partial charge in [-0.2, -0.15) is 0 Å². The van der Waals surface area contributed by atoms with E-state index >= 15 is 0 Å². The van der Waals surface area contributed by atoms with E-state index < -0.39 is 5.79 Å². The Morgan fingerprint density at radius 2 is 1.85 bits per heavy atom. The molecule has 1 N–H and O–H groups in total. The number of ether oxygens (including phenoxy) is 2. The molecule has 1 aromatic heterocycles. The Hall–Kier alpha value is -2.51. The number of anilines is 2. The molecule has 1 aromatic carbocycles. The lowest BCUT2D eigenvalue weighted by atomic mass is 10.0. The van der Waals surface area contributed by atoms with Crippen LogP contribution in [0.2, 0.25) is 0 Å². The number of carbonyl (C=O) groups is 1. The van der Waals surface area contributed by atoms with Crippen molar-refractivity contribution in [2.75, 3.05) is 36.5 Å². The summed E-state index contributed by atoms with van der Waals surface area (Å²) in [6.07, 6.45) is 3.03. The van der Waals surface area contributed by atoms with Crippen molar-refractivity contribution in [1.82, 2.24) is 9.97 Å². The van der Waals surface area contributed by atoms with E-state index in [-0.39, 0.29) is 5.91 Å². The summed E-state index contributed by atoms with van der Waals surface area (Å²) < 4.78 is 11.5. The first-order valence-electron chi connectivity index (χ1n) is 9.28. The molecular formula is C20H24N4O3. The monoisotopic (exact) mass is 368 g/mol. The van der Waals surface area contributed by atoms with Crippen LogP contribution in [0.15, 0.2) is 30.6 Å². The van der Waals surface area contributed by atoms with Gasteiger partial charge in [-0.05, 0) is 25.5 Å². The predicted octanol–water partition coefficient (Wildman–Crippen LogP) is 2.69. The molecule has 2 aliphatic rings. The Labute approximate surface area is 158 Å². The number of aryl methyl sites for hydroxylation is 2. The Bertz CT molecular complexity index is 839. The molecule has 2 aromatic rings. The van der Waals surface area contributed by atoms with E-state index in [1.165, 1.54) is 6.33 Å². The van der Waals surface area contributed by atoms with Crippen LogP contribution in [0, 0.1) is 13.8 Å². The lowest BCUT2D eigenvalue weighted by Crippen LogP contribution is -2.45. The van der Waals surface area contributed by atoms with E-state index in [1.807, 2.05) is 32.0 Å². The quantitative estimate of drug-likeness (QED) is 0.898. The molecule has 0 unspecified atom stereocenters. The Morgan fingerprint density at radius 3 is 2.56 bits per heavy atom. The van der Waals surface area contributed by atoms with E-state index in [9.17, 15) is 4.79 Å². The lowest BCUT2D eigenvalue weighted by Gasteiger charge is -2.38. The van der Waals surface area contributed by atoms with Gasteiger partial charge in [-0.1, -0.05) is 17.7 Å². The van der Waals surface area contributed by atoms with Gasteiger partial charge in [-0.3, -0.25) is 4.79 Å². The van der Waals surface area contributed by atoms with Gasteiger partial charge in [0.15, 0.2) is 5.79 Å². The second kappa shape index (κ2) is 7.25. The minimum absolute atomic E-state index is 0.235. The van der Waals surface area contributed by atoms with Crippen LogP contribution >= 0.6 is 0 Å². The van der Waals surface area contributed by atoms with Crippen LogP contribution in [0.25, 0.3) is 0 Å². The molecule has 27 heavy (non-hydrogen) atoms. The highest BCUT2D eigenvalue weighted by Crippen LogP contribution is 2.32. The van der Waals surface area contributed by atoms with Crippen LogP contribution < -0.4 is 10.2 Å². The van der Waals surface area contributed by atoms with Gasteiger partial charge in [0, 0.05) is 37.7 Å². The fourth-order valence-electron chi connectivity index (χ4n) is 3.65. The number of nitrogens with one attached hydrogen (secondary N) is 1. The summed E-state index contributed by atoms with van der Waals surface area (Å²) in [5, 5.41) is 2.94. The lowest BCUT2D eigenvalue weighted by molar-refractivity contribution is -0.169. The fourth-order valence-corrected chi connectivity index (χ4v) is 3.65. The zero-order chi connectivity index (χ0) is 18.9. The molecule has 4 rings (SSSR count). The number of rotatable bonds is 3. The standard InChI is InChI=1S/C20H24N4O3/c1-14-3-4-16(15(2)11-14)23-19(25)17-12-18(22-13-21-17)24-7-5-20(6-8-24)26-9-10-27-20/h3-4,11-13H,5-10H2,1-2H3,(H,23,25). The van der Waals surface area contributed by atoms with Gasteiger partial charge in [0.2, 0.25) is 0 Å². The van der Waals surface area contributed by atoms with Crippen molar-refractivity contribution >= 4 is 17.4 Å². The maximum atomic E-state index is 12.6. The van der Waals surface area contributed by atoms with Gasteiger partial charge in [-0.15, -0.1) is 0 Å². The van der Waals surface area contributed by atoms with Crippen LogP contribution in [0.4, 0.5) is 11.5 Å². The molecule has 0 atom stereocenters. The van der Waals surface area contributed by atoms with Crippen LogP contribution in [-0.4, -0.2) is 48.0 Å². The molecule has 0 saturated carbocycles. The molecule has 0 bridgehead atoms. The third-order valence-electron chi connectivity index (χ3n) is 5.18. The van der Waals surface area contributed by atoms with Crippen molar-refractivity contribution in [1.29, 1.82) is 0 Å². The first kappa shape index (κ1) is 17.9. The largest absolute Gasteiger partial charge is 0.356 e. The molecule has 7 nitrogen and oxygen atoms in total. The van der Waals surface area contributed by atoms with Gasteiger partial charge in [0.05, 0.1) is 13.2 Å². The van der Waals surface area contributed by atoms with Crippen LogP contribution in [0.5, 0.6) is 0 Å². The van der Waals surface area contributed by atoms with E-state index in [4.69, 9.17) is 9.47 Å². The number of amides is 1. The molecule has 2 fully saturated rings. The van der Waals surface area contributed by atoms with Crippen molar-refractivity contribution in [3.63, 3.8) is 0 Å². The second-order valence-corrected chi connectivity index (χ2v) is 7.13. The highest BCUT2D eigenvalue weighted by molar-refractivity contribution is 6.03. The van der Waals surface area contributed by atoms with E-state index in [0.29, 0.717) is 18.9 Å². The molecule has 1 spiro atoms. The summed E-state index contributed by atoms with van der Waals surface area (Å²) >= 11 is 0. The highest BCUT2D eigenvalue weighted by Gasteiger charge is 2.40. The molecule has 1 amide bonds. The summed E-state index contributed by atoms with van der Waals surface area (Å²) in [6.45, 7) is 6.88. The zero-order valence-corrected chi connectivity index (χ0v) is 15.7. The number of piperidine rings is 1. The summed E-state index contributed by atoms with van der Waals surface area (Å²) in [7, 11) is 0. The predicted molar refractivity (Wildman–Crippen MR) is 102 cm³/mol. The average molecular weight is 368 g/mol. The SMILES string of the molecule is Cc1ccc(NC(=O)c2cc(N3CCC4(CC3)OCCO4)ncn2)c(C)c1. The number of nitrogens with zero attached hydrogens (tertiary/aromatic N) is 3. The topological polar surface area (TPSA) is 76.6 Å². The minimum atomic E-state index is -0.424. The van der Waals surface area contributed by atoms with Gasteiger partial charge in [0.25, 0.3) is 5.91 Å². The van der Waals surface area contributed by atoms with Crippen LogP contribution in [0.3, 0.4) is 0 Å². The Balaban J connectivity index is 1.45. The maximum absolute atomic E-state index is 12.6. The van der Waals surface area contributed by atoms with E-state index in [1.54, 1.807) is 6.07 Å². The molecule has 7 heteroatoms. The third kappa shape index (κ3) is 3.79. The molecule has 142 valence electrons. The van der Waals surface area contributed by atoms with Gasteiger partial charge < -0.3 is 19.7 Å². The number of carbonyl (C=O) groups excluding carboxylic acids is 1. The Morgan fingerprint density at radius 1 is 1.11 bits per heavy atom. The summed E-state index contributed by atoms with van der Waals surface area (Å²) in [4.78, 5) is 23.3. The zero-order valence-electron chi connectivity index (χ0n) is 15.7. The number of hydrogen-bond acceptors (Lipinski definition) is 6. The molecule has 3 heterocycles. The van der Waals surface area contributed by atoms with Crippen molar-refractivity contribution in [3.05, 3.63) is 47.4 Å². The van der Waals surface area contributed by atoms with E-state index in [0.717, 1.165) is 48.6 Å². The smallest absolute Gasteiger partial charge is 0.274 e. The highest BCUT2D eigenvalue weighted by atomic mass is 16.7. The fraction of sp³-hybridized carbons (Fsp3) is 0.450. The van der Waals surface area contributed by atoms with Crippen molar-refractivity contribution in [2.24, 2.45) is 0 Å². The van der Waals surface area contributed by atoms with Crippen LogP contribution in [0.1, 0.15) is 34.5 Å². The summed E-state index contributed by atoms with van der Waals surface area (Å²) in [6, 6.07) is 7.67. The van der Waals surface area contributed by atoms with Gasteiger partial charge in [-0.25, -0.2) is 9.97 Å². The third-order valence-corrected chi connectivity index (χ3v) is 5.18. The molecular weight excluding hydrogens is 344 g/mol. The number of aromatic nitrogens is 2. The van der Waals surface area contributed by atoms with E-state index in [2.05, 4.69) is 20.2 Å². The second-order valence-electron chi connectivity index (χ2n) is 7.13. The molecule has 0 radical (unpaired) electrons. The minimum Gasteiger partial charge on any atom is -0.356 e. The maximum Gasteiger partial charge on any atom is 0.274 e. The molecule has 2 aliphatic heterocycles. The van der Waals surface area contributed by atoms with Gasteiger partial charge >= 0.3 is 0 Å². The normalized spacial score (nSPS) is 18.7. The van der Waals surface area contributed by atoms with Gasteiger partial charge in [0.1, 0.15) is 17.8 Å². The first-order valence-corrected chi connectivity index (χ1v) is 9.28. The number of benzene rings is 1. The molecule has 0 aliphatic carbocycles. The molecule has 2 saturated heterocycles. The summed E-state index contributed by atoms with van der Waals surface area (Å²) in [5.74, 6) is 0.0948. The van der Waals surface area contributed by atoms with Crippen molar-refractivity contribution < 1.29 is 14.3 Å². The van der Waals surface area contributed by atoms with Crippen LogP contribution in [-0.2, 0) is 9.47 Å². The Kier molecular flexibility index (Phi) is 4.80. The van der Waals surface area contributed by atoms with Crippen molar-refractivity contribution in [2.45, 2.75) is 32.5 Å². The van der Waals surface area contributed by atoms with Crippen molar-refractivity contribution in [3.8, 4) is 0 Å². The summed E-state index contributed by atoms with van der Waals surface area (Å²) in [5.41, 5.74) is 3.33. The first-order chi connectivity index (χ1) is 13.0. The average Bonchev–Trinajstić information content (AvgIpc) is 3.12. The number of hydrogen-bond donors (Lipinski definition) is 1.